The number of rotatable bonds is 5. The second-order valence-electron chi connectivity index (χ2n) is 7.13. The van der Waals surface area contributed by atoms with Crippen LogP contribution in [0.2, 0.25) is 0 Å². The summed E-state index contributed by atoms with van der Waals surface area (Å²) in [5.41, 5.74) is 1.40. The number of hydrogen-bond donors (Lipinski definition) is 3. The van der Waals surface area contributed by atoms with Crippen molar-refractivity contribution in [2.24, 2.45) is 0 Å². The summed E-state index contributed by atoms with van der Waals surface area (Å²) in [6, 6.07) is 26.4. The average Bonchev–Trinajstić information content (AvgIpc) is 3.30. The molecule has 0 aromatic heterocycles. The van der Waals surface area contributed by atoms with Gasteiger partial charge in [-0.05, 0) is 36.6 Å². The van der Waals surface area contributed by atoms with Gasteiger partial charge in [-0.2, -0.15) is 0 Å². The van der Waals surface area contributed by atoms with Gasteiger partial charge in [0.2, 0.25) is 5.91 Å². The van der Waals surface area contributed by atoms with E-state index in [4.69, 9.17) is 0 Å². The fourth-order valence-corrected chi connectivity index (χ4v) is 3.87. The van der Waals surface area contributed by atoms with Crippen LogP contribution in [-0.2, 0) is 10.4 Å². The van der Waals surface area contributed by atoms with Gasteiger partial charge in [0.25, 0.3) is 0 Å². The number of anilines is 1. The van der Waals surface area contributed by atoms with Crippen LogP contribution >= 0.6 is 0 Å². The molecule has 3 aromatic carbocycles. The monoisotopic (exact) mass is 372 g/mol. The van der Waals surface area contributed by atoms with E-state index in [9.17, 15) is 9.90 Å². The average molecular weight is 372 g/mol. The first-order valence-electron chi connectivity index (χ1n) is 9.67. The van der Waals surface area contributed by atoms with E-state index in [0.29, 0.717) is 11.3 Å². The first kappa shape index (κ1) is 18.4. The van der Waals surface area contributed by atoms with E-state index in [1.807, 2.05) is 84.9 Å². The Morgan fingerprint density at radius 2 is 1.46 bits per heavy atom. The van der Waals surface area contributed by atoms with Crippen molar-refractivity contribution in [1.82, 2.24) is 5.32 Å². The molecule has 0 saturated carbocycles. The first-order valence-corrected chi connectivity index (χ1v) is 9.67. The van der Waals surface area contributed by atoms with Crippen molar-refractivity contribution < 1.29 is 9.90 Å². The molecule has 1 fully saturated rings. The van der Waals surface area contributed by atoms with E-state index in [1.165, 1.54) is 0 Å². The number of para-hydroxylation sites is 1. The van der Waals surface area contributed by atoms with Crippen LogP contribution < -0.4 is 10.6 Å². The zero-order valence-corrected chi connectivity index (χ0v) is 15.6. The summed E-state index contributed by atoms with van der Waals surface area (Å²) in [4.78, 5) is 12.7. The molecule has 28 heavy (non-hydrogen) atoms. The highest BCUT2D eigenvalue weighted by molar-refractivity contribution is 5.96. The lowest BCUT2D eigenvalue weighted by Crippen LogP contribution is -2.37. The Kier molecular flexibility index (Phi) is 5.24. The van der Waals surface area contributed by atoms with Crippen LogP contribution in [0.3, 0.4) is 0 Å². The summed E-state index contributed by atoms with van der Waals surface area (Å²) in [6.07, 6.45) is 1.83. The quantitative estimate of drug-likeness (QED) is 0.599. The van der Waals surface area contributed by atoms with Crippen molar-refractivity contribution in [3.63, 3.8) is 0 Å². The maximum atomic E-state index is 12.7. The number of nitrogens with one attached hydrogen (secondary N) is 2. The smallest absolute Gasteiger partial charge is 0.241 e. The number of aliphatic hydroxyl groups is 1. The van der Waals surface area contributed by atoms with Gasteiger partial charge >= 0.3 is 0 Å². The van der Waals surface area contributed by atoms with E-state index in [1.54, 1.807) is 0 Å². The highest BCUT2D eigenvalue weighted by Crippen LogP contribution is 2.40. The lowest BCUT2D eigenvalue weighted by molar-refractivity contribution is -0.117. The minimum Gasteiger partial charge on any atom is -0.376 e. The molecule has 0 aliphatic carbocycles. The Morgan fingerprint density at radius 1 is 0.893 bits per heavy atom. The van der Waals surface area contributed by atoms with Crippen molar-refractivity contribution >= 4 is 11.6 Å². The molecule has 4 nitrogen and oxygen atoms in total. The van der Waals surface area contributed by atoms with Gasteiger partial charge < -0.3 is 15.7 Å². The van der Waals surface area contributed by atoms with Crippen molar-refractivity contribution in [2.45, 2.75) is 24.5 Å². The van der Waals surface area contributed by atoms with Crippen LogP contribution in [0, 0.1) is 0 Å². The number of carbonyl (C=O) groups is 1. The number of hydrogen-bond acceptors (Lipinski definition) is 3. The molecule has 1 heterocycles. The Bertz CT molecular complexity index is 896. The summed E-state index contributed by atoms with van der Waals surface area (Å²) in [5, 5.41) is 18.3. The van der Waals surface area contributed by atoms with E-state index in [2.05, 4.69) is 10.6 Å². The maximum Gasteiger partial charge on any atom is 0.241 e. The zero-order chi connectivity index (χ0) is 19.4. The Labute approximate surface area is 165 Å². The topological polar surface area (TPSA) is 61.4 Å². The minimum absolute atomic E-state index is 0.0616. The molecule has 1 aliphatic rings. The molecule has 1 aliphatic heterocycles. The van der Waals surface area contributed by atoms with Gasteiger partial charge in [0, 0.05) is 11.3 Å². The second-order valence-corrected chi connectivity index (χ2v) is 7.13. The Balaban J connectivity index is 1.81. The molecule has 0 bridgehead atoms. The third-order valence-corrected chi connectivity index (χ3v) is 5.33. The molecule has 3 N–H and O–H groups in total. The lowest BCUT2D eigenvalue weighted by atomic mass is 9.79. The van der Waals surface area contributed by atoms with E-state index < -0.39 is 5.60 Å². The zero-order valence-electron chi connectivity index (χ0n) is 15.6. The summed E-state index contributed by atoms with van der Waals surface area (Å²) in [5.74, 6) is -0.0616. The molecular formula is C24H24N2O2. The molecule has 0 radical (unpaired) electrons. The van der Waals surface area contributed by atoms with Crippen molar-refractivity contribution in [1.29, 1.82) is 0 Å². The highest BCUT2D eigenvalue weighted by Gasteiger charge is 2.36. The first-order chi connectivity index (χ1) is 13.7. The van der Waals surface area contributed by atoms with Gasteiger partial charge in [0.1, 0.15) is 5.60 Å². The molecule has 1 atom stereocenters. The van der Waals surface area contributed by atoms with Gasteiger partial charge in [0.05, 0.1) is 6.04 Å². The fraction of sp³-hybridized carbons (Fsp3) is 0.208. The van der Waals surface area contributed by atoms with E-state index in [0.717, 1.165) is 30.5 Å². The molecular weight excluding hydrogens is 348 g/mol. The van der Waals surface area contributed by atoms with Crippen molar-refractivity contribution in [3.05, 3.63) is 102 Å². The van der Waals surface area contributed by atoms with Crippen LogP contribution in [0.1, 0.15) is 29.5 Å². The van der Waals surface area contributed by atoms with Crippen molar-refractivity contribution in [3.8, 4) is 0 Å². The largest absolute Gasteiger partial charge is 0.376 e. The molecule has 4 rings (SSSR count). The molecule has 1 amide bonds. The Hall–Kier alpha value is -2.95. The molecule has 4 heteroatoms. The third kappa shape index (κ3) is 3.44. The summed E-state index contributed by atoms with van der Waals surface area (Å²) < 4.78 is 0. The normalized spacial score (nSPS) is 16.7. The molecule has 0 unspecified atom stereocenters. The van der Waals surface area contributed by atoms with E-state index >= 15 is 0 Å². The number of carbonyl (C=O) groups excluding carboxylic acids is 1. The second kappa shape index (κ2) is 7.97. The van der Waals surface area contributed by atoms with Crippen LogP contribution in [-0.4, -0.2) is 23.6 Å². The van der Waals surface area contributed by atoms with E-state index in [-0.39, 0.29) is 11.9 Å². The molecule has 1 saturated heterocycles. The molecule has 3 aromatic rings. The van der Waals surface area contributed by atoms with Gasteiger partial charge in [-0.3, -0.25) is 4.79 Å². The molecule has 0 spiro atoms. The minimum atomic E-state index is -1.38. The summed E-state index contributed by atoms with van der Waals surface area (Å²) in [7, 11) is 0. The van der Waals surface area contributed by atoms with Crippen LogP contribution in [0.15, 0.2) is 84.9 Å². The lowest BCUT2D eigenvalue weighted by Gasteiger charge is -2.32. The van der Waals surface area contributed by atoms with Crippen LogP contribution in [0.4, 0.5) is 5.69 Å². The molecule has 142 valence electrons. The predicted octanol–water partition coefficient (Wildman–Crippen LogP) is 3.66. The SMILES string of the molecule is O=C(Nc1ccccc1C(O)(c1ccccc1)c1ccccc1)[C@@H]1CCCN1. The summed E-state index contributed by atoms with van der Waals surface area (Å²) in [6.45, 7) is 0.859. The highest BCUT2D eigenvalue weighted by atomic mass is 16.3. The van der Waals surface area contributed by atoms with Gasteiger partial charge in [0.15, 0.2) is 0 Å². The predicted molar refractivity (Wildman–Crippen MR) is 111 cm³/mol. The number of amides is 1. The fourth-order valence-electron chi connectivity index (χ4n) is 3.87. The third-order valence-electron chi connectivity index (χ3n) is 5.33. The summed E-state index contributed by atoms with van der Waals surface area (Å²) >= 11 is 0. The van der Waals surface area contributed by atoms with Crippen LogP contribution in [0.25, 0.3) is 0 Å². The van der Waals surface area contributed by atoms with Gasteiger partial charge in [-0.25, -0.2) is 0 Å². The Morgan fingerprint density at radius 3 is 2.04 bits per heavy atom. The van der Waals surface area contributed by atoms with Gasteiger partial charge in [-0.15, -0.1) is 0 Å². The maximum absolute atomic E-state index is 12.7. The van der Waals surface area contributed by atoms with Crippen molar-refractivity contribution in [2.75, 3.05) is 11.9 Å². The van der Waals surface area contributed by atoms with Crippen LogP contribution in [0.5, 0.6) is 0 Å². The number of benzene rings is 3. The van der Waals surface area contributed by atoms with Gasteiger partial charge in [-0.1, -0.05) is 78.9 Å². The standard InChI is InChI=1S/C24H24N2O2/c27-23(22-16-9-17-25-22)26-21-15-8-7-14-20(21)24(28,18-10-3-1-4-11-18)19-12-5-2-6-13-19/h1-8,10-15,22,25,28H,9,16-17H2,(H,26,27)/t22-/m0/s1.